The number of rotatable bonds is 5. The van der Waals surface area contributed by atoms with Crippen molar-refractivity contribution >= 4 is 5.91 Å². The molecule has 0 unspecified atom stereocenters. The number of benzene rings is 1. The average Bonchev–Trinajstić information content (AvgIpc) is 2.80. The summed E-state index contributed by atoms with van der Waals surface area (Å²) in [6.07, 6.45) is 0. The summed E-state index contributed by atoms with van der Waals surface area (Å²) in [5.74, 6) is -0.236. The molecule has 0 bridgehead atoms. The van der Waals surface area contributed by atoms with Crippen molar-refractivity contribution in [1.29, 1.82) is 0 Å². The number of methoxy groups -OCH3 is 1. The zero-order valence-electron chi connectivity index (χ0n) is 12.8. The second-order valence-electron chi connectivity index (χ2n) is 4.96. The minimum Gasteiger partial charge on any atom is -0.383 e. The Hall–Kier alpha value is -2.21. The molecule has 0 radical (unpaired) electrons. The Morgan fingerprint density at radius 2 is 2.05 bits per heavy atom. The number of ether oxygens (including phenoxy) is 1. The summed E-state index contributed by atoms with van der Waals surface area (Å²) in [7, 11) is 1.59. The number of aromatic nitrogens is 3. The molecule has 0 aliphatic carbocycles. The molecule has 0 aliphatic rings. The first-order chi connectivity index (χ1) is 10.0. The van der Waals surface area contributed by atoms with E-state index in [1.54, 1.807) is 14.0 Å². The van der Waals surface area contributed by atoms with Crippen LogP contribution in [0.5, 0.6) is 0 Å². The first kappa shape index (κ1) is 15.2. The maximum absolute atomic E-state index is 12.0. The van der Waals surface area contributed by atoms with Crippen molar-refractivity contribution in [2.24, 2.45) is 0 Å². The number of aryl methyl sites for hydroxylation is 3. The minimum atomic E-state index is -0.236. The van der Waals surface area contributed by atoms with Gasteiger partial charge in [0.25, 0.3) is 5.91 Å². The molecule has 2 rings (SSSR count). The van der Waals surface area contributed by atoms with Gasteiger partial charge in [-0.2, -0.15) is 9.90 Å². The van der Waals surface area contributed by atoms with Gasteiger partial charge in [-0.1, -0.05) is 17.7 Å². The zero-order chi connectivity index (χ0) is 15.4. The van der Waals surface area contributed by atoms with Gasteiger partial charge in [-0.05, 0) is 32.4 Å². The second-order valence-corrected chi connectivity index (χ2v) is 4.96. The van der Waals surface area contributed by atoms with E-state index in [1.807, 2.05) is 26.0 Å². The number of nitrogens with zero attached hydrogens (tertiary/aromatic N) is 3. The van der Waals surface area contributed by atoms with Gasteiger partial charge in [-0.3, -0.25) is 4.79 Å². The molecule has 21 heavy (non-hydrogen) atoms. The lowest BCUT2D eigenvalue weighted by molar-refractivity contribution is 0.0931. The van der Waals surface area contributed by atoms with Crippen LogP contribution in [0.2, 0.25) is 0 Å². The van der Waals surface area contributed by atoms with Crippen molar-refractivity contribution in [2.45, 2.75) is 20.8 Å². The number of hydrogen-bond acceptors (Lipinski definition) is 4. The molecular weight excluding hydrogens is 268 g/mol. The Morgan fingerprint density at radius 3 is 2.71 bits per heavy atom. The summed E-state index contributed by atoms with van der Waals surface area (Å²) >= 11 is 0. The highest BCUT2D eigenvalue weighted by Gasteiger charge is 2.16. The van der Waals surface area contributed by atoms with Crippen LogP contribution < -0.4 is 5.32 Å². The highest BCUT2D eigenvalue weighted by atomic mass is 16.5. The van der Waals surface area contributed by atoms with E-state index in [0.717, 1.165) is 11.3 Å². The summed E-state index contributed by atoms with van der Waals surface area (Å²) in [4.78, 5) is 13.6. The molecule has 1 heterocycles. The van der Waals surface area contributed by atoms with Crippen molar-refractivity contribution < 1.29 is 9.53 Å². The zero-order valence-corrected chi connectivity index (χ0v) is 12.8. The molecule has 0 aliphatic heterocycles. The van der Waals surface area contributed by atoms with Gasteiger partial charge in [0.1, 0.15) is 0 Å². The van der Waals surface area contributed by atoms with E-state index < -0.39 is 0 Å². The van der Waals surface area contributed by atoms with E-state index in [0.29, 0.717) is 24.5 Å². The molecule has 0 saturated carbocycles. The quantitative estimate of drug-likeness (QED) is 0.848. The highest BCUT2D eigenvalue weighted by Crippen LogP contribution is 2.15. The molecule has 0 spiro atoms. The SMILES string of the molecule is COCCNC(=O)c1nn(-c2ccc(C)cc2C)nc1C. The summed E-state index contributed by atoms with van der Waals surface area (Å²) < 4.78 is 4.90. The molecule has 0 fully saturated rings. The van der Waals surface area contributed by atoms with Crippen molar-refractivity contribution in [3.05, 3.63) is 40.7 Å². The highest BCUT2D eigenvalue weighted by molar-refractivity contribution is 5.93. The molecule has 1 aromatic heterocycles. The summed E-state index contributed by atoms with van der Waals surface area (Å²) in [5.41, 5.74) is 4.06. The first-order valence-electron chi connectivity index (χ1n) is 6.81. The lowest BCUT2D eigenvalue weighted by Crippen LogP contribution is -2.28. The lowest BCUT2D eigenvalue weighted by atomic mass is 10.1. The van der Waals surface area contributed by atoms with E-state index in [9.17, 15) is 4.79 Å². The Morgan fingerprint density at radius 1 is 1.29 bits per heavy atom. The molecule has 6 heteroatoms. The third-order valence-corrected chi connectivity index (χ3v) is 3.16. The van der Waals surface area contributed by atoms with E-state index in [1.165, 1.54) is 10.4 Å². The Labute approximate surface area is 124 Å². The van der Waals surface area contributed by atoms with Crippen LogP contribution in [0.25, 0.3) is 5.69 Å². The maximum atomic E-state index is 12.0. The lowest BCUT2D eigenvalue weighted by Gasteiger charge is -2.05. The van der Waals surface area contributed by atoms with Crippen LogP contribution >= 0.6 is 0 Å². The van der Waals surface area contributed by atoms with Gasteiger partial charge < -0.3 is 10.1 Å². The Balaban J connectivity index is 2.24. The predicted molar refractivity (Wildman–Crippen MR) is 79.8 cm³/mol. The standard InChI is InChI=1S/C15H20N4O2/c1-10-5-6-13(11(2)9-10)19-17-12(3)14(18-19)15(20)16-7-8-21-4/h5-6,9H,7-8H2,1-4H3,(H,16,20). The van der Waals surface area contributed by atoms with Crippen LogP contribution in [0, 0.1) is 20.8 Å². The van der Waals surface area contributed by atoms with Gasteiger partial charge in [0, 0.05) is 13.7 Å². The third-order valence-electron chi connectivity index (χ3n) is 3.16. The molecular formula is C15H20N4O2. The summed E-state index contributed by atoms with van der Waals surface area (Å²) in [5, 5.41) is 11.4. The van der Waals surface area contributed by atoms with Crippen LogP contribution in [0.15, 0.2) is 18.2 Å². The fourth-order valence-corrected chi connectivity index (χ4v) is 2.08. The van der Waals surface area contributed by atoms with Crippen LogP contribution in [0.4, 0.5) is 0 Å². The molecule has 2 aromatic rings. The number of hydrogen-bond donors (Lipinski definition) is 1. The first-order valence-corrected chi connectivity index (χ1v) is 6.81. The Kier molecular flexibility index (Phi) is 4.70. The molecule has 6 nitrogen and oxygen atoms in total. The van der Waals surface area contributed by atoms with Gasteiger partial charge in [-0.25, -0.2) is 0 Å². The van der Waals surface area contributed by atoms with E-state index in [2.05, 4.69) is 21.6 Å². The largest absolute Gasteiger partial charge is 0.383 e. The third kappa shape index (κ3) is 3.46. The van der Waals surface area contributed by atoms with Gasteiger partial charge >= 0.3 is 0 Å². The van der Waals surface area contributed by atoms with E-state index in [4.69, 9.17) is 4.74 Å². The number of carbonyl (C=O) groups is 1. The minimum absolute atomic E-state index is 0.236. The molecule has 0 atom stereocenters. The van der Waals surface area contributed by atoms with Crippen molar-refractivity contribution in [3.8, 4) is 5.69 Å². The summed E-state index contributed by atoms with van der Waals surface area (Å²) in [6, 6.07) is 6.02. The van der Waals surface area contributed by atoms with Crippen molar-refractivity contribution in [3.63, 3.8) is 0 Å². The van der Waals surface area contributed by atoms with Crippen LogP contribution in [0.1, 0.15) is 27.3 Å². The normalized spacial score (nSPS) is 10.7. The molecule has 1 aromatic carbocycles. The second kappa shape index (κ2) is 6.49. The number of nitrogens with one attached hydrogen (secondary N) is 1. The monoisotopic (exact) mass is 288 g/mol. The molecule has 1 amide bonds. The molecule has 1 N–H and O–H groups in total. The fraction of sp³-hybridized carbons (Fsp3) is 0.400. The van der Waals surface area contributed by atoms with E-state index in [-0.39, 0.29) is 5.91 Å². The van der Waals surface area contributed by atoms with Gasteiger partial charge in [0.2, 0.25) is 0 Å². The van der Waals surface area contributed by atoms with E-state index >= 15 is 0 Å². The molecule has 0 saturated heterocycles. The Bertz CT molecular complexity index is 649. The average molecular weight is 288 g/mol. The van der Waals surface area contributed by atoms with Crippen LogP contribution in [-0.4, -0.2) is 41.2 Å². The number of amides is 1. The summed E-state index contributed by atoms with van der Waals surface area (Å²) in [6.45, 7) is 6.73. The predicted octanol–water partition coefficient (Wildman–Crippen LogP) is 1.57. The smallest absolute Gasteiger partial charge is 0.273 e. The van der Waals surface area contributed by atoms with Gasteiger partial charge in [0.05, 0.1) is 18.0 Å². The van der Waals surface area contributed by atoms with Crippen molar-refractivity contribution in [2.75, 3.05) is 20.3 Å². The maximum Gasteiger partial charge on any atom is 0.273 e. The molecule has 112 valence electrons. The van der Waals surface area contributed by atoms with Gasteiger partial charge in [-0.15, -0.1) is 5.10 Å². The van der Waals surface area contributed by atoms with Gasteiger partial charge in [0.15, 0.2) is 5.69 Å². The fourth-order valence-electron chi connectivity index (χ4n) is 2.08. The van der Waals surface area contributed by atoms with Crippen LogP contribution in [-0.2, 0) is 4.74 Å². The van der Waals surface area contributed by atoms with Crippen LogP contribution in [0.3, 0.4) is 0 Å². The van der Waals surface area contributed by atoms with Crippen molar-refractivity contribution in [1.82, 2.24) is 20.3 Å². The number of carbonyl (C=O) groups excluding carboxylic acids is 1. The topological polar surface area (TPSA) is 69.0 Å².